The van der Waals surface area contributed by atoms with Crippen LogP contribution in [0.1, 0.15) is 26.2 Å². The van der Waals surface area contributed by atoms with Gasteiger partial charge in [-0.3, -0.25) is 9.59 Å². The van der Waals surface area contributed by atoms with Gasteiger partial charge in [-0.15, -0.1) is 0 Å². The van der Waals surface area contributed by atoms with Crippen molar-refractivity contribution >= 4 is 11.8 Å². The van der Waals surface area contributed by atoms with E-state index < -0.39 is 11.9 Å². The van der Waals surface area contributed by atoms with Crippen LogP contribution < -0.4 is 0 Å². The molecule has 0 aliphatic heterocycles. The third kappa shape index (κ3) is 1.59. The zero-order valence-corrected chi connectivity index (χ0v) is 6.54. The third-order valence-electron chi connectivity index (χ3n) is 2.26. The van der Waals surface area contributed by atoms with E-state index in [4.69, 9.17) is 5.11 Å². The molecule has 0 bridgehead atoms. The zero-order valence-electron chi connectivity index (χ0n) is 6.54. The van der Waals surface area contributed by atoms with E-state index in [0.29, 0.717) is 6.42 Å². The number of hydrogen-bond donors (Lipinski definition) is 1. The number of hydrogen-bond acceptors (Lipinski definition) is 2. The summed E-state index contributed by atoms with van der Waals surface area (Å²) < 4.78 is 0. The van der Waals surface area contributed by atoms with Crippen molar-refractivity contribution in [2.45, 2.75) is 26.2 Å². The molecule has 1 fully saturated rings. The standard InChI is InChI=1S/C8H12O3/c1-5-3-2-4-6(7(5)9)8(10)11/h5-6H,2-4H2,1H3,(H,10,11). The number of carboxylic acid groups (broad SMARTS) is 1. The summed E-state index contributed by atoms with van der Waals surface area (Å²) in [5, 5.41) is 8.61. The second-order valence-electron chi connectivity index (χ2n) is 3.13. The molecule has 3 heteroatoms. The first-order valence-electron chi connectivity index (χ1n) is 3.89. The van der Waals surface area contributed by atoms with Crippen LogP contribution in [0.2, 0.25) is 0 Å². The van der Waals surface area contributed by atoms with Crippen molar-refractivity contribution in [1.29, 1.82) is 0 Å². The number of Topliss-reactive ketones (excluding diaryl/α,β-unsaturated/α-hetero) is 1. The summed E-state index contributed by atoms with van der Waals surface area (Å²) in [5.74, 6) is -1.83. The van der Waals surface area contributed by atoms with E-state index in [1.165, 1.54) is 0 Å². The van der Waals surface area contributed by atoms with Gasteiger partial charge in [0.1, 0.15) is 11.7 Å². The smallest absolute Gasteiger partial charge is 0.314 e. The average molecular weight is 156 g/mol. The molecule has 1 aliphatic rings. The maximum Gasteiger partial charge on any atom is 0.314 e. The minimum absolute atomic E-state index is 0.0511. The Bertz CT molecular complexity index is 186. The molecule has 3 nitrogen and oxygen atoms in total. The summed E-state index contributed by atoms with van der Waals surface area (Å²) in [6.07, 6.45) is 2.24. The Morgan fingerprint density at radius 2 is 2.18 bits per heavy atom. The lowest BCUT2D eigenvalue weighted by molar-refractivity contribution is -0.149. The van der Waals surface area contributed by atoms with Crippen molar-refractivity contribution in [1.82, 2.24) is 0 Å². The van der Waals surface area contributed by atoms with Crippen molar-refractivity contribution in [3.8, 4) is 0 Å². The van der Waals surface area contributed by atoms with Crippen molar-refractivity contribution in [2.24, 2.45) is 11.8 Å². The van der Waals surface area contributed by atoms with Crippen molar-refractivity contribution in [3.63, 3.8) is 0 Å². The highest BCUT2D eigenvalue weighted by Gasteiger charge is 2.32. The maximum absolute atomic E-state index is 11.2. The predicted molar refractivity (Wildman–Crippen MR) is 39.1 cm³/mol. The fraction of sp³-hybridized carbons (Fsp3) is 0.750. The molecule has 0 radical (unpaired) electrons. The highest BCUT2D eigenvalue weighted by Crippen LogP contribution is 2.25. The summed E-state index contributed by atoms with van der Waals surface area (Å²) in [4.78, 5) is 21.7. The van der Waals surface area contributed by atoms with E-state index in [0.717, 1.165) is 12.8 Å². The minimum atomic E-state index is -0.957. The quantitative estimate of drug-likeness (QED) is 0.578. The highest BCUT2D eigenvalue weighted by molar-refractivity contribution is 5.99. The van der Waals surface area contributed by atoms with Gasteiger partial charge in [0, 0.05) is 5.92 Å². The second-order valence-corrected chi connectivity index (χ2v) is 3.13. The van der Waals surface area contributed by atoms with E-state index in [1.54, 1.807) is 6.92 Å². The first-order chi connectivity index (χ1) is 5.13. The van der Waals surface area contributed by atoms with Crippen molar-refractivity contribution < 1.29 is 14.7 Å². The van der Waals surface area contributed by atoms with Crippen LogP contribution in [0.15, 0.2) is 0 Å². The van der Waals surface area contributed by atoms with Crippen LogP contribution in [-0.2, 0) is 9.59 Å². The second kappa shape index (κ2) is 3.03. The number of aliphatic carboxylic acids is 1. The van der Waals surface area contributed by atoms with Crippen LogP contribution in [0.4, 0.5) is 0 Å². The Hall–Kier alpha value is -0.860. The van der Waals surface area contributed by atoms with Gasteiger partial charge < -0.3 is 5.11 Å². The molecule has 1 saturated carbocycles. The van der Waals surface area contributed by atoms with Gasteiger partial charge in [0.25, 0.3) is 0 Å². The van der Waals surface area contributed by atoms with Crippen LogP contribution in [0.5, 0.6) is 0 Å². The number of ketones is 1. The Kier molecular flexibility index (Phi) is 2.27. The molecular weight excluding hydrogens is 144 g/mol. The molecule has 0 aromatic rings. The Labute approximate surface area is 65.4 Å². The first kappa shape index (κ1) is 8.24. The zero-order chi connectivity index (χ0) is 8.43. The van der Waals surface area contributed by atoms with Crippen LogP contribution in [-0.4, -0.2) is 16.9 Å². The van der Waals surface area contributed by atoms with E-state index in [9.17, 15) is 9.59 Å². The van der Waals surface area contributed by atoms with Crippen LogP contribution in [0.3, 0.4) is 0 Å². The van der Waals surface area contributed by atoms with Crippen LogP contribution >= 0.6 is 0 Å². The van der Waals surface area contributed by atoms with Gasteiger partial charge in [0.15, 0.2) is 0 Å². The van der Waals surface area contributed by atoms with Crippen molar-refractivity contribution in [2.75, 3.05) is 0 Å². The molecule has 62 valence electrons. The molecule has 2 atom stereocenters. The van der Waals surface area contributed by atoms with E-state index in [-0.39, 0.29) is 11.7 Å². The molecule has 0 aromatic carbocycles. The molecule has 0 heterocycles. The molecule has 2 unspecified atom stereocenters. The Morgan fingerprint density at radius 3 is 2.64 bits per heavy atom. The number of carboxylic acids is 1. The predicted octanol–water partition coefficient (Wildman–Crippen LogP) is 1.08. The molecule has 1 aliphatic carbocycles. The molecule has 0 saturated heterocycles. The number of carbonyl (C=O) groups is 2. The summed E-state index contributed by atoms with van der Waals surface area (Å²) in [5.41, 5.74) is 0. The van der Waals surface area contributed by atoms with E-state index >= 15 is 0 Å². The summed E-state index contributed by atoms with van der Waals surface area (Å²) in [6.45, 7) is 1.80. The van der Waals surface area contributed by atoms with Gasteiger partial charge in [-0.25, -0.2) is 0 Å². The Balaban J connectivity index is 2.66. The topological polar surface area (TPSA) is 54.4 Å². The lowest BCUT2D eigenvalue weighted by Gasteiger charge is -2.21. The van der Waals surface area contributed by atoms with Gasteiger partial charge >= 0.3 is 5.97 Å². The van der Waals surface area contributed by atoms with Gasteiger partial charge in [0.05, 0.1) is 0 Å². The minimum Gasteiger partial charge on any atom is -0.481 e. The van der Waals surface area contributed by atoms with Crippen LogP contribution in [0.25, 0.3) is 0 Å². The van der Waals surface area contributed by atoms with Crippen LogP contribution in [0, 0.1) is 11.8 Å². The Morgan fingerprint density at radius 1 is 1.55 bits per heavy atom. The number of rotatable bonds is 1. The lowest BCUT2D eigenvalue weighted by atomic mass is 9.81. The maximum atomic E-state index is 11.2. The lowest BCUT2D eigenvalue weighted by Crippen LogP contribution is -2.32. The molecular formula is C8H12O3. The van der Waals surface area contributed by atoms with Crippen molar-refractivity contribution in [3.05, 3.63) is 0 Å². The normalized spacial score (nSPS) is 31.9. The molecule has 0 amide bonds. The molecule has 0 aromatic heterocycles. The SMILES string of the molecule is CC1CCCC(C(=O)O)C1=O. The average Bonchev–Trinajstić information content (AvgIpc) is 1.94. The fourth-order valence-corrected chi connectivity index (χ4v) is 1.50. The van der Waals surface area contributed by atoms with E-state index in [2.05, 4.69) is 0 Å². The first-order valence-corrected chi connectivity index (χ1v) is 3.89. The van der Waals surface area contributed by atoms with Gasteiger partial charge in [-0.2, -0.15) is 0 Å². The summed E-state index contributed by atoms with van der Waals surface area (Å²) >= 11 is 0. The summed E-state index contributed by atoms with van der Waals surface area (Å²) in [7, 11) is 0. The number of carbonyl (C=O) groups excluding carboxylic acids is 1. The molecule has 1 N–H and O–H groups in total. The molecule has 0 spiro atoms. The van der Waals surface area contributed by atoms with Gasteiger partial charge in [-0.1, -0.05) is 13.3 Å². The molecule has 11 heavy (non-hydrogen) atoms. The third-order valence-corrected chi connectivity index (χ3v) is 2.26. The highest BCUT2D eigenvalue weighted by atomic mass is 16.4. The van der Waals surface area contributed by atoms with Gasteiger partial charge in [0.2, 0.25) is 0 Å². The summed E-state index contributed by atoms with van der Waals surface area (Å²) in [6, 6.07) is 0. The monoisotopic (exact) mass is 156 g/mol. The van der Waals surface area contributed by atoms with Gasteiger partial charge in [-0.05, 0) is 12.8 Å². The molecule has 1 rings (SSSR count). The van der Waals surface area contributed by atoms with E-state index in [1.807, 2.05) is 0 Å². The largest absolute Gasteiger partial charge is 0.481 e. The fourth-order valence-electron chi connectivity index (χ4n) is 1.50.